The smallest absolute Gasteiger partial charge is 0.257 e. The summed E-state index contributed by atoms with van der Waals surface area (Å²) in [7, 11) is -2.02. The second kappa shape index (κ2) is 8.23. The highest BCUT2D eigenvalue weighted by molar-refractivity contribution is 7.89. The van der Waals surface area contributed by atoms with E-state index in [0.717, 1.165) is 12.8 Å². The number of methoxy groups -OCH3 is 1. The first kappa shape index (κ1) is 21.0. The number of anilines is 1. The fraction of sp³-hybridized carbons (Fsp3) is 0.333. The van der Waals surface area contributed by atoms with Crippen molar-refractivity contribution in [3.63, 3.8) is 0 Å². The SMILES string of the molecule is COc1cc(C(=O)Nc2nc3ccc(S(=O)(=O)N4CCCC4)cc3s2)cc2c1OCCO2. The molecule has 3 heterocycles. The molecule has 1 N–H and O–H groups in total. The molecule has 0 unspecified atom stereocenters. The number of ether oxygens (including phenoxy) is 3. The summed E-state index contributed by atoms with van der Waals surface area (Å²) in [5.41, 5.74) is 0.952. The molecule has 0 aliphatic carbocycles. The fourth-order valence-electron chi connectivity index (χ4n) is 3.77. The molecule has 0 spiro atoms. The van der Waals surface area contributed by atoms with Gasteiger partial charge in [-0.15, -0.1) is 0 Å². The number of fused-ring (bicyclic) bond motifs is 2. The van der Waals surface area contributed by atoms with Crippen molar-refractivity contribution in [1.29, 1.82) is 0 Å². The normalized spacial score (nSPS) is 16.3. The Labute approximate surface area is 189 Å². The summed E-state index contributed by atoms with van der Waals surface area (Å²) in [6.07, 6.45) is 1.76. The lowest BCUT2D eigenvalue weighted by molar-refractivity contribution is 0.102. The number of sulfonamides is 1. The van der Waals surface area contributed by atoms with Gasteiger partial charge in [0.25, 0.3) is 5.91 Å². The van der Waals surface area contributed by atoms with Gasteiger partial charge >= 0.3 is 0 Å². The highest BCUT2D eigenvalue weighted by Crippen LogP contribution is 2.40. The summed E-state index contributed by atoms with van der Waals surface area (Å²) in [5.74, 6) is 0.946. The van der Waals surface area contributed by atoms with E-state index in [9.17, 15) is 13.2 Å². The Kier molecular flexibility index (Phi) is 5.39. The molecule has 32 heavy (non-hydrogen) atoms. The molecule has 11 heteroatoms. The number of nitrogens with one attached hydrogen (secondary N) is 1. The van der Waals surface area contributed by atoms with Crippen LogP contribution in [0.2, 0.25) is 0 Å². The first-order valence-corrected chi connectivity index (χ1v) is 12.4. The Morgan fingerprint density at radius 3 is 2.72 bits per heavy atom. The van der Waals surface area contributed by atoms with E-state index in [2.05, 4.69) is 10.3 Å². The van der Waals surface area contributed by atoms with Gasteiger partial charge in [0.1, 0.15) is 13.2 Å². The van der Waals surface area contributed by atoms with Gasteiger partial charge in [-0.25, -0.2) is 13.4 Å². The van der Waals surface area contributed by atoms with Crippen LogP contribution in [0.5, 0.6) is 17.2 Å². The molecular formula is C21H21N3O6S2. The highest BCUT2D eigenvalue weighted by Gasteiger charge is 2.28. The van der Waals surface area contributed by atoms with Gasteiger partial charge in [0.05, 0.1) is 22.2 Å². The number of benzene rings is 2. The molecule has 1 fully saturated rings. The molecular weight excluding hydrogens is 454 g/mol. The van der Waals surface area contributed by atoms with Crippen molar-refractivity contribution in [3.05, 3.63) is 35.9 Å². The molecule has 2 aliphatic heterocycles. The van der Waals surface area contributed by atoms with Crippen LogP contribution in [-0.2, 0) is 10.0 Å². The second-order valence-electron chi connectivity index (χ2n) is 7.42. The van der Waals surface area contributed by atoms with Crippen LogP contribution in [0.25, 0.3) is 10.2 Å². The zero-order valence-corrected chi connectivity index (χ0v) is 18.9. The van der Waals surface area contributed by atoms with E-state index >= 15 is 0 Å². The zero-order valence-electron chi connectivity index (χ0n) is 17.3. The second-order valence-corrected chi connectivity index (χ2v) is 10.4. The number of carbonyl (C=O) groups excluding carboxylic acids is 1. The number of thiazole rings is 1. The molecule has 0 atom stereocenters. The molecule has 1 saturated heterocycles. The standard InChI is InChI=1S/C21H21N3O6S2/c1-28-16-10-13(11-17-19(16)30-9-8-29-17)20(25)23-21-22-15-5-4-14(12-18(15)31-21)32(26,27)24-6-2-3-7-24/h4-5,10-12H,2-3,6-9H2,1H3,(H,22,23,25). The van der Waals surface area contributed by atoms with E-state index < -0.39 is 10.0 Å². The number of carbonyl (C=O) groups is 1. The summed E-state index contributed by atoms with van der Waals surface area (Å²) in [5, 5.41) is 3.15. The van der Waals surface area contributed by atoms with Crippen molar-refractivity contribution in [2.24, 2.45) is 0 Å². The summed E-state index contributed by atoms with van der Waals surface area (Å²) >= 11 is 1.22. The minimum atomic E-state index is -3.52. The maximum atomic E-state index is 12.8. The third-order valence-corrected chi connectivity index (χ3v) is 8.20. The summed E-state index contributed by atoms with van der Waals surface area (Å²) < 4.78 is 44.3. The first-order valence-electron chi connectivity index (χ1n) is 10.2. The zero-order chi connectivity index (χ0) is 22.3. The van der Waals surface area contributed by atoms with E-state index in [4.69, 9.17) is 14.2 Å². The van der Waals surface area contributed by atoms with Crippen molar-refractivity contribution in [2.45, 2.75) is 17.7 Å². The Hall–Kier alpha value is -2.89. The molecule has 3 aromatic rings. The van der Waals surface area contributed by atoms with Gasteiger partial charge in [-0.2, -0.15) is 4.31 Å². The lowest BCUT2D eigenvalue weighted by Crippen LogP contribution is -2.27. The maximum Gasteiger partial charge on any atom is 0.257 e. The number of hydrogen-bond donors (Lipinski definition) is 1. The Morgan fingerprint density at radius 2 is 1.94 bits per heavy atom. The number of hydrogen-bond acceptors (Lipinski definition) is 8. The van der Waals surface area contributed by atoms with Crippen molar-refractivity contribution < 1.29 is 27.4 Å². The predicted molar refractivity (Wildman–Crippen MR) is 120 cm³/mol. The lowest BCUT2D eigenvalue weighted by Gasteiger charge is -2.21. The van der Waals surface area contributed by atoms with Gasteiger partial charge in [0.2, 0.25) is 15.8 Å². The van der Waals surface area contributed by atoms with Gasteiger partial charge in [0.15, 0.2) is 16.6 Å². The Bertz CT molecular complexity index is 1280. The average molecular weight is 476 g/mol. The van der Waals surface area contributed by atoms with E-state index in [-0.39, 0.29) is 10.8 Å². The minimum Gasteiger partial charge on any atom is -0.493 e. The van der Waals surface area contributed by atoms with Crippen molar-refractivity contribution in [3.8, 4) is 17.2 Å². The van der Waals surface area contributed by atoms with Crippen LogP contribution in [-0.4, -0.2) is 57.0 Å². The number of aromatic nitrogens is 1. The van der Waals surface area contributed by atoms with Gasteiger partial charge in [-0.3, -0.25) is 10.1 Å². The molecule has 9 nitrogen and oxygen atoms in total. The molecule has 2 aromatic carbocycles. The number of nitrogens with zero attached hydrogens (tertiary/aromatic N) is 2. The maximum absolute atomic E-state index is 12.8. The van der Waals surface area contributed by atoms with Crippen LogP contribution in [0.15, 0.2) is 35.2 Å². The molecule has 0 radical (unpaired) electrons. The first-order chi connectivity index (χ1) is 15.5. The van der Waals surface area contributed by atoms with Crippen LogP contribution in [0.1, 0.15) is 23.2 Å². The largest absolute Gasteiger partial charge is 0.493 e. The van der Waals surface area contributed by atoms with Crippen LogP contribution < -0.4 is 19.5 Å². The van der Waals surface area contributed by atoms with Crippen LogP contribution in [0.4, 0.5) is 5.13 Å². The van der Waals surface area contributed by atoms with E-state index in [0.29, 0.717) is 64.5 Å². The van der Waals surface area contributed by atoms with Crippen molar-refractivity contribution in [2.75, 3.05) is 38.7 Å². The Balaban J connectivity index is 1.40. The highest BCUT2D eigenvalue weighted by atomic mass is 32.2. The molecule has 0 bridgehead atoms. The predicted octanol–water partition coefficient (Wildman–Crippen LogP) is 3.11. The number of amides is 1. The van der Waals surface area contributed by atoms with Crippen molar-refractivity contribution in [1.82, 2.24) is 9.29 Å². The molecule has 168 valence electrons. The van der Waals surface area contributed by atoms with E-state index in [1.165, 1.54) is 22.8 Å². The monoisotopic (exact) mass is 475 g/mol. The van der Waals surface area contributed by atoms with E-state index in [1.54, 1.807) is 30.3 Å². The molecule has 5 rings (SSSR count). The van der Waals surface area contributed by atoms with Gasteiger partial charge in [0, 0.05) is 18.7 Å². The van der Waals surface area contributed by atoms with Gasteiger partial charge < -0.3 is 14.2 Å². The van der Waals surface area contributed by atoms with Crippen LogP contribution >= 0.6 is 11.3 Å². The summed E-state index contributed by atoms with van der Waals surface area (Å²) in [4.78, 5) is 17.5. The van der Waals surface area contributed by atoms with E-state index in [1.807, 2.05) is 0 Å². The van der Waals surface area contributed by atoms with Crippen LogP contribution in [0.3, 0.4) is 0 Å². The minimum absolute atomic E-state index is 0.241. The average Bonchev–Trinajstić information content (AvgIpc) is 3.48. The van der Waals surface area contributed by atoms with Gasteiger partial charge in [-0.1, -0.05) is 11.3 Å². The third-order valence-electron chi connectivity index (χ3n) is 5.37. The van der Waals surface area contributed by atoms with Crippen molar-refractivity contribution >= 4 is 42.6 Å². The molecule has 0 saturated carbocycles. The topological polar surface area (TPSA) is 107 Å². The van der Waals surface area contributed by atoms with Gasteiger partial charge in [-0.05, 0) is 43.2 Å². The fourth-order valence-corrected chi connectivity index (χ4v) is 6.29. The summed E-state index contributed by atoms with van der Waals surface area (Å²) in [6.45, 7) is 1.89. The molecule has 1 amide bonds. The lowest BCUT2D eigenvalue weighted by atomic mass is 10.1. The Morgan fingerprint density at radius 1 is 1.16 bits per heavy atom. The number of rotatable bonds is 5. The third kappa shape index (κ3) is 3.76. The molecule has 2 aliphatic rings. The quantitative estimate of drug-likeness (QED) is 0.604. The van der Waals surface area contributed by atoms with Crippen LogP contribution in [0, 0.1) is 0 Å². The molecule has 1 aromatic heterocycles. The summed E-state index contributed by atoms with van der Waals surface area (Å²) in [6, 6.07) is 8.02.